The fraction of sp³-hybridized carbons (Fsp3) is 0.312. The lowest BCUT2D eigenvalue weighted by molar-refractivity contribution is -0.120. The Morgan fingerprint density at radius 1 is 1.39 bits per heavy atom. The summed E-state index contributed by atoms with van der Waals surface area (Å²) in [4.78, 5) is 22.8. The van der Waals surface area contributed by atoms with Gasteiger partial charge in [0.05, 0.1) is 23.0 Å². The molecule has 9 nitrogen and oxygen atoms in total. The highest BCUT2D eigenvalue weighted by atomic mass is 79.9. The van der Waals surface area contributed by atoms with Gasteiger partial charge in [0.1, 0.15) is 5.01 Å². The molecule has 0 saturated carbocycles. The molecule has 1 aromatic carbocycles. The number of hydrogen-bond donors (Lipinski definition) is 2. The summed E-state index contributed by atoms with van der Waals surface area (Å²) in [6.45, 7) is 3.81. The van der Waals surface area contributed by atoms with E-state index < -0.39 is 5.91 Å². The Morgan fingerprint density at radius 2 is 2.18 bits per heavy atom. The molecule has 2 amide bonds. The molecule has 0 aliphatic carbocycles. The SMILES string of the molecule is CCOc1cc(C=NNC(=O)CSc2nnc(C)s2)cc(Br)c1OCC(N)=O. The van der Waals surface area contributed by atoms with Crippen molar-refractivity contribution in [3.05, 3.63) is 27.2 Å². The van der Waals surface area contributed by atoms with Crippen molar-refractivity contribution in [3.63, 3.8) is 0 Å². The predicted molar refractivity (Wildman–Crippen MR) is 111 cm³/mol. The summed E-state index contributed by atoms with van der Waals surface area (Å²) in [5.41, 5.74) is 8.22. The molecule has 150 valence electrons. The van der Waals surface area contributed by atoms with Gasteiger partial charge in [-0.2, -0.15) is 5.10 Å². The van der Waals surface area contributed by atoms with Gasteiger partial charge in [0, 0.05) is 0 Å². The molecule has 0 bridgehead atoms. The van der Waals surface area contributed by atoms with Crippen molar-refractivity contribution >= 4 is 57.1 Å². The summed E-state index contributed by atoms with van der Waals surface area (Å²) in [5, 5.41) is 12.6. The van der Waals surface area contributed by atoms with Crippen LogP contribution in [-0.4, -0.2) is 47.2 Å². The Balaban J connectivity index is 1.97. The van der Waals surface area contributed by atoms with E-state index in [2.05, 4.69) is 36.7 Å². The monoisotopic (exact) mass is 487 g/mol. The third kappa shape index (κ3) is 7.09. The number of primary amides is 1. The number of nitrogens with zero attached hydrogens (tertiary/aromatic N) is 3. The highest BCUT2D eigenvalue weighted by molar-refractivity contribution is 9.10. The number of carbonyl (C=O) groups is 2. The number of aryl methyl sites for hydroxylation is 1. The Labute approximate surface area is 178 Å². The molecule has 0 saturated heterocycles. The van der Waals surface area contributed by atoms with Gasteiger partial charge in [-0.3, -0.25) is 9.59 Å². The van der Waals surface area contributed by atoms with Gasteiger partial charge < -0.3 is 15.2 Å². The van der Waals surface area contributed by atoms with Gasteiger partial charge in [-0.05, 0) is 47.5 Å². The second-order valence-electron chi connectivity index (χ2n) is 5.19. The van der Waals surface area contributed by atoms with Gasteiger partial charge in [-0.1, -0.05) is 23.1 Å². The van der Waals surface area contributed by atoms with Gasteiger partial charge in [0.25, 0.3) is 11.8 Å². The summed E-state index contributed by atoms with van der Waals surface area (Å²) in [7, 11) is 0. The normalized spacial score (nSPS) is 10.8. The molecule has 0 spiro atoms. The number of hydrazone groups is 1. The molecule has 1 heterocycles. The fourth-order valence-corrected chi connectivity index (χ4v) is 4.07. The molecule has 0 unspecified atom stereocenters. The summed E-state index contributed by atoms with van der Waals surface area (Å²) < 4.78 is 12.2. The van der Waals surface area contributed by atoms with E-state index in [9.17, 15) is 9.59 Å². The standard InChI is InChI=1S/C16H18BrN5O4S2/c1-3-25-12-5-10(4-11(17)15(12)26-7-13(18)23)6-19-21-14(24)8-27-16-22-20-9(2)28-16/h4-6H,3,7-8H2,1-2H3,(H2,18,23)(H,21,24). The van der Waals surface area contributed by atoms with Crippen LogP contribution < -0.4 is 20.6 Å². The molecule has 12 heteroatoms. The minimum Gasteiger partial charge on any atom is -0.490 e. The third-order valence-electron chi connectivity index (χ3n) is 2.93. The third-order valence-corrected chi connectivity index (χ3v) is 5.49. The summed E-state index contributed by atoms with van der Waals surface area (Å²) >= 11 is 6.09. The van der Waals surface area contributed by atoms with E-state index in [1.54, 1.807) is 12.1 Å². The Morgan fingerprint density at radius 3 is 2.82 bits per heavy atom. The molecule has 0 atom stereocenters. The number of rotatable bonds is 10. The maximum atomic E-state index is 11.9. The average molecular weight is 488 g/mol. The lowest BCUT2D eigenvalue weighted by atomic mass is 10.2. The number of thioether (sulfide) groups is 1. The highest BCUT2D eigenvalue weighted by Gasteiger charge is 2.13. The number of aromatic nitrogens is 2. The highest BCUT2D eigenvalue weighted by Crippen LogP contribution is 2.36. The van der Waals surface area contributed by atoms with Crippen LogP contribution in [0.15, 0.2) is 26.0 Å². The average Bonchev–Trinajstić information content (AvgIpc) is 3.05. The first-order valence-corrected chi connectivity index (χ1v) is 10.6. The van der Waals surface area contributed by atoms with E-state index in [4.69, 9.17) is 15.2 Å². The second-order valence-corrected chi connectivity index (χ2v) is 8.45. The molecule has 2 rings (SSSR count). The number of ether oxygens (including phenoxy) is 2. The van der Waals surface area contributed by atoms with Crippen LogP contribution in [0, 0.1) is 6.92 Å². The van der Waals surface area contributed by atoms with E-state index in [1.807, 2.05) is 13.8 Å². The first kappa shape index (κ1) is 22.1. The minimum absolute atomic E-state index is 0.180. The molecule has 28 heavy (non-hydrogen) atoms. The molecule has 0 aliphatic heterocycles. The van der Waals surface area contributed by atoms with Crippen LogP contribution in [0.25, 0.3) is 0 Å². The van der Waals surface area contributed by atoms with Gasteiger partial charge >= 0.3 is 0 Å². The van der Waals surface area contributed by atoms with Crippen LogP contribution in [0.4, 0.5) is 0 Å². The minimum atomic E-state index is -0.593. The molecular weight excluding hydrogens is 470 g/mol. The molecule has 2 aromatic rings. The van der Waals surface area contributed by atoms with Crippen LogP contribution in [0.5, 0.6) is 11.5 Å². The number of carbonyl (C=O) groups excluding carboxylic acids is 2. The van der Waals surface area contributed by atoms with Gasteiger partial charge in [0.15, 0.2) is 22.4 Å². The van der Waals surface area contributed by atoms with Crippen molar-refractivity contribution < 1.29 is 19.1 Å². The molecule has 3 N–H and O–H groups in total. The largest absolute Gasteiger partial charge is 0.490 e. The predicted octanol–water partition coefficient (Wildman–Crippen LogP) is 2.11. The van der Waals surface area contributed by atoms with Crippen LogP contribution in [0.3, 0.4) is 0 Å². The number of benzene rings is 1. The van der Waals surface area contributed by atoms with Crippen molar-refractivity contribution in [3.8, 4) is 11.5 Å². The lowest BCUT2D eigenvalue weighted by Crippen LogP contribution is -2.20. The Kier molecular flexibility index (Phi) is 8.67. The number of nitrogens with one attached hydrogen (secondary N) is 1. The smallest absolute Gasteiger partial charge is 0.255 e. The van der Waals surface area contributed by atoms with E-state index in [0.717, 1.165) is 9.35 Å². The summed E-state index contributed by atoms with van der Waals surface area (Å²) in [6, 6.07) is 3.40. The second kappa shape index (κ2) is 11.0. The summed E-state index contributed by atoms with van der Waals surface area (Å²) in [5.74, 6) is 0.113. The maximum Gasteiger partial charge on any atom is 0.255 e. The first-order chi connectivity index (χ1) is 13.4. The van der Waals surface area contributed by atoms with E-state index in [0.29, 0.717) is 28.1 Å². The van der Waals surface area contributed by atoms with Crippen molar-refractivity contribution in [1.29, 1.82) is 0 Å². The summed E-state index contributed by atoms with van der Waals surface area (Å²) in [6.07, 6.45) is 1.48. The van der Waals surface area contributed by atoms with Crippen molar-refractivity contribution in [2.45, 2.75) is 18.2 Å². The van der Waals surface area contributed by atoms with Gasteiger partial charge in [-0.15, -0.1) is 10.2 Å². The molecule has 1 aromatic heterocycles. The molecule has 0 radical (unpaired) electrons. The quantitative estimate of drug-likeness (QED) is 0.298. The number of amides is 2. The van der Waals surface area contributed by atoms with Crippen LogP contribution in [-0.2, 0) is 9.59 Å². The number of hydrogen-bond acceptors (Lipinski definition) is 9. The Hall–Kier alpha value is -2.18. The number of halogens is 1. The van der Waals surface area contributed by atoms with Crippen LogP contribution in [0.2, 0.25) is 0 Å². The molecule has 0 aliphatic rings. The molecular formula is C16H18BrN5O4S2. The van der Waals surface area contributed by atoms with Crippen molar-refractivity contribution in [2.75, 3.05) is 19.0 Å². The zero-order valence-electron chi connectivity index (χ0n) is 15.1. The van der Waals surface area contributed by atoms with Crippen molar-refractivity contribution in [2.24, 2.45) is 10.8 Å². The van der Waals surface area contributed by atoms with Crippen LogP contribution in [0.1, 0.15) is 17.5 Å². The zero-order valence-corrected chi connectivity index (χ0v) is 18.3. The zero-order chi connectivity index (χ0) is 20.5. The number of nitrogens with two attached hydrogens (primary N) is 1. The lowest BCUT2D eigenvalue weighted by Gasteiger charge is -2.13. The topological polar surface area (TPSA) is 129 Å². The molecule has 0 fully saturated rings. The Bertz CT molecular complexity index is 875. The van der Waals surface area contributed by atoms with Gasteiger partial charge in [0.2, 0.25) is 0 Å². The van der Waals surface area contributed by atoms with Gasteiger partial charge in [-0.25, -0.2) is 5.43 Å². The van der Waals surface area contributed by atoms with Crippen LogP contribution >= 0.6 is 39.0 Å². The maximum absolute atomic E-state index is 11.9. The van der Waals surface area contributed by atoms with E-state index >= 15 is 0 Å². The fourth-order valence-electron chi connectivity index (χ4n) is 1.88. The van der Waals surface area contributed by atoms with Crippen molar-refractivity contribution in [1.82, 2.24) is 15.6 Å². The van der Waals surface area contributed by atoms with E-state index in [-0.39, 0.29) is 18.3 Å². The van der Waals surface area contributed by atoms with E-state index in [1.165, 1.54) is 29.3 Å². The first-order valence-electron chi connectivity index (χ1n) is 8.01.